The van der Waals surface area contributed by atoms with Crippen LogP contribution in [0.25, 0.3) is 11.1 Å². The van der Waals surface area contributed by atoms with Crippen LogP contribution >= 0.6 is 0 Å². The van der Waals surface area contributed by atoms with Gasteiger partial charge in [0, 0.05) is 39.3 Å². The number of anilines is 1. The zero-order valence-corrected chi connectivity index (χ0v) is 12.9. The Hall–Kier alpha value is -1.73. The molecule has 2 fully saturated rings. The maximum atomic E-state index is 5.73. The Bertz CT molecular complexity index is 644. The Morgan fingerprint density at radius 3 is 2.86 bits per heavy atom. The van der Waals surface area contributed by atoms with Gasteiger partial charge in [-0.2, -0.15) is 4.98 Å². The molecule has 118 valence electrons. The van der Waals surface area contributed by atoms with Crippen molar-refractivity contribution < 1.29 is 9.26 Å². The molecule has 0 N–H and O–H groups in total. The zero-order chi connectivity index (χ0) is 14.9. The molecule has 2 aliphatic heterocycles. The lowest BCUT2D eigenvalue weighted by Crippen LogP contribution is -2.48. The van der Waals surface area contributed by atoms with Crippen molar-refractivity contribution in [2.75, 3.05) is 44.2 Å². The molecular weight excluding hydrogens is 282 g/mol. The fourth-order valence-electron chi connectivity index (χ4n) is 3.36. The predicted octanol–water partition coefficient (Wildman–Crippen LogP) is 1.23. The maximum absolute atomic E-state index is 5.73. The normalized spacial score (nSPS) is 23.5. The Morgan fingerprint density at radius 1 is 1.23 bits per heavy atom. The van der Waals surface area contributed by atoms with E-state index >= 15 is 0 Å². The van der Waals surface area contributed by atoms with E-state index in [1.165, 1.54) is 12.8 Å². The Labute approximate surface area is 129 Å². The first-order valence-corrected chi connectivity index (χ1v) is 7.97. The molecule has 4 heterocycles. The minimum atomic E-state index is 0.428. The maximum Gasteiger partial charge on any atom is 0.263 e. The van der Waals surface area contributed by atoms with Crippen LogP contribution in [0.2, 0.25) is 0 Å². The van der Waals surface area contributed by atoms with E-state index in [1.54, 1.807) is 6.33 Å². The number of hydrogen-bond acceptors (Lipinski definition) is 7. The lowest BCUT2D eigenvalue weighted by atomic mass is 10.2. The lowest BCUT2D eigenvalue weighted by Gasteiger charge is -2.36. The Morgan fingerprint density at radius 2 is 2.09 bits per heavy atom. The average molecular weight is 303 g/mol. The molecule has 0 aliphatic carbocycles. The van der Waals surface area contributed by atoms with E-state index in [0.29, 0.717) is 11.8 Å². The summed E-state index contributed by atoms with van der Waals surface area (Å²) in [6.45, 7) is 7.92. The standard InChI is InChI=1S/C15H21N5O2/c1-11-13-14(16-10-17-15(13)22-18-11)20-6-4-19(5-7-20)9-12-3-2-8-21-12/h10,12H,2-9H2,1H3/t12-/m1/s1. The van der Waals surface area contributed by atoms with E-state index in [2.05, 4.69) is 24.9 Å². The van der Waals surface area contributed by atoms with Crippen LogP contribution in [0.1, 0.15) is 18.5 Å². The molecule has 0 amide bonds. The summed E-state index contributed by atoms with van der Waals surface area (Å²) in [5.74, 6) is 0.945. The van der Waals surface area contributed by atoms with Crippen molar-refractivity contribution in [2.24, 2.45) is 0 Å². The molecule has 2 saturated heterocycles. The molecule has 0 aromatic carbocycles. The summed E-state index contributed by atoms with van der Waals surface area (Å²) in [5, 5.41) is 4.94. The highest BCUT2D eigenvalue weighted by atomic mass is 16.5. The second-order valence-corrected chi connectivity index (χ2v) is 6.07. The summed E-state index contributed by atoms with van der Waals surface area (Å²) in [7, 11) is 0. The second kappa shape index (κ2) is 5.81. The van der Waals surface area contributed by atoms with Crippen molar-refractivity contribution >= 4 is 16.9 Å². The minimum Gasteiger partial charge on any atom is -0.377 e. The molecule has 0 saturated carbocycles. The third-order valence-electron chi connectivity index (χ3n) is 4.58. The van der Waals surface area contributed by atoms with Gasteiger partial charge < -0.3 is 14.2 Å². The van der Waals surface area contributed by atoms with Crippen LogP contribution in [0.4, 0.5) is 5.82 Å². The molecule has 0 spiro atoms. The first kappa shape index (κ1) is 13.9. The highest BCUT2D eigenvalue weighted by Crippen LogP contribution is 2.26. The second-order valence-electron chi connectivity index (χ2n) is 6.07. The van der Waals surface area contributed by atoms with Crippen molar-refractivity contribution in [2.45, 2.75) is 25.9 Å². The summed E-state index contributed by atoms with van der Waals surface area (Å²) in [6.07, 6.45) is 4.39. The van der Waals surface area contributed by atoms with Gasteiger partial charge in [-0.05, 0) is 19.8 Å². The van der Waals surface area contributed by atoms with Crippen LogP contribution in [-0.2, 0) is 4.74 Å². The highest BCUT2D eigenvalue weighted by molar-refractivity contribution is 5.87. The van der Waals surface area contributed by atoms with Gasteiger partial charge in [0.05, 0.1) is 11.8 Å². The number of rotatable bonds is 3. The minimum absolute atomic E-state index is 0.428. The van der Waals surface area contributed by atoms with Crippen molar-refractivity contribution in [1.29, 1.82) is 0 Å². The predicted molar refractivity (Wildman–Crippen MR) is 82.0 cm³/mol. The van der Waals surface area contributed by atoms with Gasteiger partial charge in [0.2, 0.25) is 0 Å². The van der Waals surface area contributed by atoms with Crippen LogP contribution in [0.15, 0.2) is 10.9 Å². The summed E-state index contributed by atoms with van der Waals surface area (Å²) in [5.41, 5.74) is 1.43. The molecule has 7 heteroatoms. The van der Waals surface area contributed by atoms with Crippen molar-refractivity contribution in [3.05, 3.63) is 12.0 Å². The number of nitrogens with zero attached hydrogens (tertiary/aromatic N) is 5. The van der Waals surface area contributed by atoms with Gasteiger partial charge in [-0.1, -0.05) is 5.16 Å². The van der Waals surface area contributed by atoms with Crippen LogP contribution < -0.4 is 4.90 Å². The van der Waals surface area contributed by atoms with Crippen LogP contribution in [0.3, 0.4) is 0 Å². The van der Waals surface area contributed by atoms with Gasteiger partial charge in [0.25, 0.3) is 5.71 Å². The third-order valence-corrected chi connectivity index (χ3v) is 4.58. The smallest absolute Gasteiger partial charge is 0.263 e. The monoisotopic (exact) mass is 303 g/mol. The number of aromatic nitrogens is 3. The quantitative estimate of drug-likeness (QED) is 0.844. The molecule has 2 aliphatic rings. The molecule has 4 rings (SSSR count). The first-order chi connectivity index (χ1) is 10.8. The molecule has 0 unspecified atom stereocenters. The molecule has 2 aromatic heterocycles. The molecule has 0 bridgehead atoms. The van der Waals surface area contributed by atoms with E-state index in [1.807, 2.05) is 6.92 Å². The van der Waals surface area contributed by atoms with Gasteiger partial charge in [0.15, 0.2) is 0 Å². The SMILES string of the molecule is Cc1noc2ncnc(N3CCN(C[C@H]4CCCO4)CC3)c12. The van der Waals surface area contributed by atoms with Gasteiger partial charge in [0.1, 0.15) is 17.5 Å². The molecule has 7 nitrogen and oxygen atoms in total. The topological polar surface area (TPSA) is 67.5 Å². The van der Waals surface area contributed by atoms with Crippen molar-refractivity contribution in [3.8, 4) is 0 Å². The molecule has 1 atom stereocenters. The van der Waals surface area contributed by atoms with Crippen LogP contribution in [0.5, 0.6) is 0 Å². The van der Waals surface area contributed by atoms with E-state index in [4.69, 9.17) is 9.26 Å². The van der Waals surface area contributed by atoms with E-state index in [-0.39, 0.29) is 0 Å². The third kappa shape index (κ3) is 2.55. The number of aryl methyl sites for hydroxylation is 1. The van der Waals surface area contributed by atoms with Gasteiger partial charge >= 0.3 is 0 Å². The summed E-state index contributed by atoms with van der Waals surface area (Å²) in [4.78, 5) is 13.4. The summed E-state index contributed by atoms with van der Waals surface area (Å²) >= 11 is 0. The number of ether oxygens (including phenoxy) is 1. The van der Waals surface area contributed by atoms with E-state index in [0.717, 1.165) is 56.2 Å². The molecule has 22 heavy (non-hydrogen) atoms. The Kier molecular flexibility index (Phi) is 3.67. The van der Waals surface area contributed by atoms with Gasteiger partial charge in [-0.3, -0.25) is 4.90 Å². The van der Waals surface area contributed by atoms with Crippen LogP contribution in [-0.4, -0.2) is 65.5 Å². The molecule has 2 aromatic rings. The number of fused-ring (bicyclic) bond motifs is 1. The zero-order valence-electron chi connectivity index (χ0n) is 12.9. The number of piperazine rings is 1. The van der Waals surface area contributed by atoms with Crippen molar-refractivity contribution in [3.63, 3.8) is 0 Å². The van der Waals surface area contributed by atoms with E-state index in [9.17, 15) is 0 Å². The lowest BCUT2D eigenvalue weighted by molar-refractivity contribution is 0.0712. The molecule has 0 radical (unpaired) electrons. The summed E-state index contributed by atoms with van der Waals surface area (Å²) in [6, 6.07) is 0. The number of hydrogen-bond donors (Lipinski definition) is 0. The van der Waals surface area contributed by atoms with Crippen LogP contribution in [0, 0.1) is 6.92 Å². The largest absolute Gasteiger partial charge is 0.377 e. The molecular formula is C15H21N5O2. The fraction of sp³-hybridized carbons (Fsp3) is 0.667. The van der Waals surface area contributed by atoms with Gasteiger partial charge in [-0.25, -0.2) is 4.98 Å². The van der Waals surface area contributed by atoms with Crippen molar-refractivity contribution in [1.82, 2.24) is 20.0 Å². The first-order valence-electron chi connectivity index (χ1n) is 7.97. The van der Waals surface area contributed by atoms with Gasteiger partial charge in [-0.15, -0.1) is 0 Å². The van der Waals surface area contributed by atoms with E-state index < -0.39 is 0 Å². The highest BCUT2D eigenvalue weighted by Gasteiger charge is 2.25. The summed E-state index contributed by atoms with van der Waals surface area (Å²) < 4.78 is 11.0. The average Bonchev–Trinajstić information content (AvgIpc) is 3.18. The Balaban J connectivity index is 1.45. The fourth-order valence-corrected chi connectivity index (χ4v) is 3.36.